The normalized spacial score (nSPS) is 12.2. The Balaban J connectivity index is 1.53. The van der Waals surface area contributed by atoms with Crippen molar-refractivity contribution >= 4 is 33.8 Å². The summed E-state index contributed by atoms with van der Waals surface area (Å²) in [5.74, 6) is -1.03. The van der Waals surface area contributed by atoms with Crippen LogP contribution in [0.25, 0.3) is 11.1 Å². The molecule has 2 aromatic carbocycles. The molecule has 0 fully saturated rings. The summed E-state index contributed by atoms with van der Waals surface area (Å²) in [5, 5.41) is 9.22. The molecule has 1 aliphatic carbocycles. The zero-order valence-corrected chi connectivity index (χ0v) is 17.1. The molecule has 6 nitrogen and oxygen atoms in total. The van der Waals surface area contributed by atoms with Gasteiger partial charge in [0.25, 0.3) is 0 Å². The number of fused-ring (bicyclic) bond motifs is 3. The van der Waals surface area contributed by atoms with E-state index in [1.807, 2.05) is 36.4 Å². The van der Waals surface area contributed by atoms with E-state index in [9.17, 15) is 14.7 Å². The van der Waals surface area contributed by atoms with Crippen LogP contribution in [0.3, 0.4) is 0 Å². The third-order valence-electron chi connectivity index (χ3n) is 4.99. The number of aromatic nitrogens is 1. The summed E-state index contributed by atoms with van der Waals surface area (Å²) >= 11 is 3.15. The van der Waals surface area contributed by atoms with Crippen molar-refractivity contribution in [3.8, 4) is 11.1 Å². The van der Waals surface area contributed by atoms with Gasteiger partial charge in [0.05, 0.1) is 4.47 Å². The zero-order valence-electron chi connectivity index (χ0n) is 15.5. The Hall–Kier alpha value is -3.19. The largest absolute Gasteiger partial charge is 0.476 e. The summed E-state index contributed by atoms with van der Waals surface area (Å²) in [7, 11) is 1.50. The number of aromatic carboxylic acids is 1. The van der Waals surface area contributed by atoms with Gasteiger partial charge in [-0.05, 0) is 50.3 Å². The summed E-state index contributed by atoms with van der Waals surface area (Å²) in [4.78, 5) is 29.1. The maximum Gasteiger partial charge on any atom is 0.415 e. The average molecular weight is 453 g/mol. The molecule has 7 heteroatoms. The van der Waals surface area contributed by atoms with Gasteiger partial charge in [0.1, 0.15) is 12.4 Å². The Bertz CT molecular complexity index is 1070. The molecule has 0 spiro atoms. The number of pyridine rings is 1. The highest BCUT2D eigenvalue weighted by molar-refractivity contribution is 9.10. The van der Waals surface area contributed by atoms with Crippen molar-refractivity contribution < 1.29 is 19.4 Å². The minimum atomic E-state index is -1.18. The van der Waals surface area contributed by atoms with E-state index >= 15 is 0 Å². The SMILES string of the molecule is CN(C(=O)OCC1c2ccccc2-c2ccccc21)c1ccc(Br)c(C(=O)O)n1. The number of carbonyl (C=O) groups excluding carboxylic acids is 1. The van der Waals surface area contributed by atoms with E-state index in [2.05, 4.69) is 33.0 Å². The lowest BCUT2D eigenvalue weighted by Gasteiger charge is -2.19. The van der Waals surface area contributed by atoms with E-state index in [-0.39, 0.29) is 24.0 Å². The fourth-order valence-electron chi connectivity index (χ4n) is 3.55. The van der Waals surface area contributed by atoms with Gasteiger partial charge in [0.15, 0.2) is 5.69 Å². The minimum Gasteiger partial charge on any atom is -0.476 e. The van der Waals surface area contributed by atoms with Gasteiger partial charge in [0.2, 0.25) is 0 Å². The van der Waals surface area contributed by atoms with Crippen LogP contribution in [0, 0.1) is 0 Å². The number of anilines is 1. The summed E-state index contributed by atoms with van der Waals surface area (Å²) in [6.45, 7) is 0.180. The van der Waals surface area contributed by atoms with Crippen molar-refractivity contribution in [2.24, 2.45) is 0 Å². The number of carbonyl (C=O) groups is 2. The van der Waals surface area contributed by atoms with Crippen molar-refractivity contribution in [2.45, 2.75) is 5.92 Å². The Morgan fingerprint density at radius 2 is 1.62 bits per heavy atom. The Morgan fingerprint density at radius 1 is 1.03 bits per heavy atom. The quantitative estimate of drug-likeness (QED) is 0.606. The molecule has 0 radical (unpaired) electrons. The van der Waals surface area contributed by atoms with Gasteiger partial charge in [-0.1, -0.05) is 48.5 Å². The standard InChI is InChI=1S/C22H17BrN2O4/c1-25(19-11-10-18(23)20(24-19)21(26)27)22(28)29-12-17-15-8-4-2-6-13(15)14-7-3-5-9-16(14)17/h2-11,17H,12H2,1H3,(H,26,27). The number of carboxylic acid groups (broad SMARTS) is 1. The summed E-state index contributed by atoms with van der Waals surface area (Å²) in [5.41, 5.74) is 4.38. The first-order valence-electron chi connectivity index (χ1n) is 8.96. The number of hydrogen-bond donors (Lipinski definition) is 1. The topological polar surface area (TPSA) is 79.7 Å². The molecule has 1 amide bonds. The molecule has 0 saturated carbocycles. The average Bonchev–Trinajstić information content (AvgIpc) is 3.05. The Morgan fingerprint density at radius 3 is 2.21 bits per heavy atom. The molecule has 146 valence electrons. The first-order chi connectivity index (χ1) is 14.0. The van der Waals surface area contributed by atoms with Crippen molar-refractivity contribution in [3.05, 3.63) is 82.0 Å². The molecule has 0 aliphatic heterocycles. The third kappa shape index (κ3) is 3.49. The number of amides is 1. The molecule has 0 bridgehead atoms. The van der Waals surface area contributed by atoms with Crippen molar-refractivity contribution in [3.63, 3.8) is 0 Å². The molecule has 3 aromatic rings. The van der Waals surface area contributed by atoms with E-state index in [1.54, 1.807) is 12.1 Å². The summed E-state index contributed by atoms with van der Waals surface area (Å²) < 4.78 is 5.92. The Kier molecular flexibility index (Phi) is 5.07. The van der Waals surface area contributed by atoms with Gasteiger partial charge in [-0.2, -0.15) is 0 Å². The molecule has 1 aromatic heterocycles. The second kappa shape index (κ2) is 7.67. The fourth-order valence-corrected chi connectivity index (χ4v) is 3.94. The van der Waals surface area contributed by atoms with E-state index in [4.69, 9.17) is 4.74 Å². The molecule has 1 heterocycles. The van der Waals surface area contributed by atoms with E-state index in [0.29, 0.717) is 4.47 Å². The van der Waals surface area contributed by atoms with Crippen LogP contribution in [0.15, 0.2) is 65.1 Å². The van der Waals surface area contributed by atoms with Crippen LogP contribution in [-0.2, 0) is 4.74 Å². The molecule has 4 rings (SSSR count). The van der Waals surface area contributed by atoms with E-state index in [0.717, 1.165) is 22.3 Å². The highest BCUT2D eigenvalue weighted by Gasteiger charge is 2.29. The van der Waals surface area contributed by atoms with Crippen LogP contribution in [0.2, 0.25) is 0 Å². The summed E-state index contributed by atoms with van der Waals surface area (Å²) in [6.07, 6.45) is -0.599. The van der Waals surface area contributed by atoms with Crippen LogP contribution in [0.5, 0.6) is 0 Å². The highest BCUT2D eigenvalue weighted by atomic mass is 79.9. The van der Waals surface area contributed by atoms with Crippen molar-refractivity contribution in [2.75, 3.05) is 18.6 Å². The van der Waals surface area contributed by atoms with Crippen molar-refractivity contribution in [1.29, 1.82) is 0 Å². The lowest BCUT2D eigenvalue weighted by atomic mass is 9.98. The molecule has 1 N–H and O–H groups in total. The number of rotatable bonds is 4. The first-order valence-corrected chi connectivity index (χ1v) is 9.75. The highest BCUT2D eigenvalue weighted by Crippen LogP contribution is 2.44. The zero-order chi connectivity index (χ0) is 20.5. The molecule has 29 heavy (non-hydrogen) atoms. The van der Waals surface area contributed by atoms with Crippen LogP contribution in [0.1, 0.15) is 27.5 Å². The number of carboxylic acids is 1. The predicted octanol–water partition coefficient (Wildman–Crippen LogP) is 4.93. The third-order valence-corrected chi connectivity index (χ3v) is 5.63. The smallest absolute Gasteiger partial charge is 0.415 e. The summed E-state index contributed by atoms with van der Waals surface area (Å²) in [6, 6.07) is 19.3. The van der Waals surface area contributed by atoms with Crippen LogP contribution in [0.4, 0.5) is 10.6 Å². The number of halogens is 1. The van der Waals surface area contributed by atoms with Crippen molar-refractivity contribution in [1.82, 2.24) is 4.98 Å². The molecule has 0 atom stereocenters. The molecule has 1 aliphatic rings. The molecular weight excluding hydrogens is 436 g/mol. The molecule has 0 unspecified atom stereocenters. The van der Waals surface area contributed by atoms with Crippen LogP contribution < -0.4 is 4.90 Å². The van der Waals surface area contributed by atoms with Gasteiger partial charge in [-0.15, -0.1) is 0 Å². The van der Waals surface area contributed by atoms with Gasteiger partial charge in [0, 0.05) is 13.0 Å². The van der Waals surface area contributed by atoms with E-state index in [1.165, 1.54) is 11.9 Å². The number of ether oxygens (including phenoxy) is 1. The lowest BCUT2D eigenvalue weighted by molar-refractivity contribution is 0.0689. The maximum absolute atomic E-state index is 12.6. The Labute approximate surface area is 175 Å². The van der Waals surface area contributed by atoms with Crippen LogP contribution in [-0.4, -0.2) is 35.8 Å². The van der Waals surface area contributed by atoms with Crippen LogP contribution >= 0.6 is 15.9 Å². The van der Waals surface area contributed by atoms with Gasteiger partial charge in [-0.25, -0.2) is 14.6 Å². The number of nitrogens with zero attached hydrogens (tertiary/aromatic N) is 2. The lowest BCUT2D eigenvalue weighted by Crippen LogP contribution is -2.29. The van der Waals surface area contributed by atoms with Gasteiger partial charge >= 0.3 is 12.1 Å². The number of benzene rings is 2. The predicted molar refractivity (Wildman–Crippen MR) is 112 cm³/mol. The minimum absolute atomic E-state index is 0.0489. The second-order valence-corrected chi connectivity index (χ2v) is 7.52. The monoisotopic (exact) mass is 452 g/mol. The second-order valence-electron chi connectivity index (χ2n) is 6.67. The molecule has 0 saturated heterocycles. The molecular formula is C22H17BrN2O4. The maximum atomic E-state index is 12.6. The van der Waals surface area contributed by atoms with Gasteiger partial charge in [-0.3, -0.25) is 4.90 Å². The number of hydrogen-bond acceptors (Lipinski definition) is 4. The first kappa shape index (κ1) is 19.1. The van der Waals surface area contributed by atoms with Gasteiger partial charge < -0.3 is 9.84 Å². The van der Waals surface area contributed by atoms with E-state index < -0.39 is 12.1 Å². The fraction of sp³-hybridized carbons (Fsp3) is 0.136.